The maximum Gasteiger partial charge on any atom is 0.273 e. The van der Waals surface area contributed by atoms with Gasteiger partial charge in [-0.3, -0.25) is 10.1 Å². The second-order valence-electron chi connectivity index (χ2n) is 5.84. The van der Waals surface area contributed by atoms with Crippen LogP contribution in [0.25, 0.3) is 0 Å². The minimum Gasteiger partial charge on any atom is -0.329 e. The molecular weight excluding hydrogens is 342 g/mol. The molecule has 1 aromatic carbocycles. The summed E-state index contributed by atoms with van der Waals surface area (Å²) in [5, 5.41) is 11.0. The topological polar surface area (TPSA) is 115 Å². The standard InChI is InChI=1S/C14H23N3O4S.ClH/c1-9(2)5-12(8-15)16-22(20,21)14-7-13(17(18)19)10(3)6-11(14)4;/h6-7,9,12,16H,5,8,15H2,1-4H3;1H. The Kier molecular flexibility index (Phi) is 8.13. The summed E-state index contributed by atoms with van der Waals surface area (Å²) in [6.07, 6.45) is 0.600. The minimum absolute atomic E-state index is 0. The number of rotatable bonds is 7. The first-order valence-electron chi connectivity index (χ1n) is 7.06. The number of hydrogen-bond acceptors (Lipinski definition) is 5. The average molecular weight is 366 g/mol. The molecule has 3 N–H and O–H groups in total. The zero-order valence-electron chi connectivity index (χ0n) is 13.7. The summed E-state index contributed by atoms with van der Waals surface area (Å²) in [5.41, 5.74) is 6.30. The number of hydrogen-bond donors (Lipinski definition) is 2. The number of halogens is 1. The third-order valence-electron chi connectivity index (χ3n) is 3.34. The lowest BCUT2D eigenvalue weighted by atomic mass is 10.1. The molecule has 0 saturated heterocycles. The summed E-state index contributed by atoms with van der Waals surface area (Å²) < 4.78 is 27.5. The van der Waals surface area contributed by atoms with E-state index in [1.165, 1.54) is 6.07 Å². The molecule has 1 rings (SSSR count). The van der Waals surface area contributed by atoms with E-state index in [9.17, 15) is 18.5 Å². The summed E-state index contributed by atoms with van der Waals surface area (Å²) in [6, 6.07) is 2.22. The van der Waals surface area contributed by atoms with Crippen molar-refractivity contribution in [3.63, 3.8) is 0 Å². The maximum atomic E-state index is 12.5. The van der Waals surface area contributed by atoms with Crippen molar-refractivity contribution in [1.29, 1.82) is 0 Å². The minimum atomic E-state index is -3.86. The van der Waals surface area contributed by atoms with Gasteiger partial charge in [-0.1, -0.05) is 13.8 Å². The molecule has 0 spiro atoms. The average Bonchev–Trinajstić information content (AvgIpc) is 2.36. The highest BCUT2D eigenvalue weighted by atomic mass is 35.5. The number of nitrogens with zero attached hydrogens (tertiary/aromatic N) is 1. The molecule has 0 fully saturated rings. The van der Waals surface area contributed by atoms with Gasteiger partial charge in [-0.05, 0) is 37.8 Å². The lowest BCUT2D eigenvalue weighted by Crippen LogP contribution is -2.41. The molecule has 9 heteroatoms. The van der Waals surface area contributed by atoms with Gasteiger partial charge < -0.3 is 5.73 Å². The van der Waals surface area contributed by atoms with Crippen molar-refractivity contribution in [3.05, 3.63) is 33.4 Å². The molecule has 0 heterocycles. The second kappa shape index (κ2) is 8.58. The van der Waals surface area contributed by atoms with Gasteiger partial charge in [0.15, 0.2) is 0 Å². The molecule has 0 aromatic heterocycles. The van der Waals surface area contributed by atoms with E-state index in [1.54, 1.807) is 13.8 Å². The molecule has 0 bridgehead atoms. The van der Waals surface area contributed by atoms with Gasteiger partial charge in [0, 0.05) is 24.2 Å². The van der Waals surface area contributed by atoms with E-state index in [0.29, 0.717) is 17.5 Å². The Bertz CT molecular complexity index is 662. The Balaban J connectivity index is 0.00000484. The van der Waals surface area contributed by atoms with Gasteiger partial charge in [0.25, 0.3) is 5.69 Å². The van der Waals surface area contributed by atoms with Crippen molar-refractivity contribution >= 4 is 28.1 Å². The third kappa shape index (κ3) is 5.72. The first-order chi connectivity index (χ1) is 10.1. The zero-order chi connectivity index (χ0) is 17.1. The SMILES string of the molecule is Cc1cc(C)c(S(=O)(=O)NC(CN)CC(C)C)cc1[N+](=O)[O-].Cl. The van der Waals surface area contributed by atoms with E-state index in [2.05, 4.69) is 4.72 Å². The van der Waals surface area contributed by atoms with Crippen LogP contribution in [0.5, 0.6) is 0 Å². The van der Waals surface area contributed by atoms with Crippen LogP contribution in [0.4, 0.5) is 5.69 Å². The Morgan fingerprint density at radius 2 is 1.83 bits per heavy atom. The van der Waals surface area contributed by atoms with Crippen molar-refractivity contribution in [2.24, 2.45) is 11.7 Å². The lowest BCUT2D eigenvalue weighted by molar-refractivity contribution is -0.385. The zero-order valence-corrected chi connectivity index (χ0v) is 15.3. The third-order valence-corrected chi connectivity index (χ3v) is 5.00. The van der Waals surface area contributed by atoms with E-state index < -0.39 is 21.0 Å². The van der Waals surface area contributed by atoms with Crippen molar-refractivity contribution in [1.82, 2.24) is 4.72 Å². The Morgan fingerprint density at radius 3 is 2.26 bits per heavy atom. The van der Waals surface area contributed by atoms with Crippen LogP contribution in [0.3, 0.4) is 0 Å². The molecule has 7 nitrogen and oxygen atoms in total. The molecule has 0 aliphatic carbocycles. The Hall–Kier alpha value is -1.22. The molecule has 0 aliphatic heterocycles. The maximum absolute atomic E-state index is 12.5. The molecule has 1 atom stereocenters. The fourth-order valence-electron chi connectivity index (χ4n) is 2.35. The van der Waals surface area contributed by atoms with Gasteiger partial charge in [-0.2, -0.15) is 0 Å². The van der Waals surface area contributed by atoms with Crippen LogP contribution in [-0.2, 0) is 10.0 Å². The smallest absolute Gasteiger partial charge is 0.273 e. The molecule has 1 unspecified atom stereocenters. The highest BCUT2D eigenvalue weighted by Gasteiger charge is 2.25. The fraction of sp³-hybridized carbons (Fsp3) is 0.571. The van der Waals surface area contributed by atoms with Gasteiger partial charge in [-0.15, -0.1) is 12.4 Å². The largest absolute Gasteiger partial charge is 0.329 e. The summed E-state index contributed by atoms with van der Waals surface area (Å²) in [4.78, 5) is 10.3. The normalized spacial score (nSPS) is 12.8. The number of sulfonamides is 1. The number of nitro benzene ring substituents is 1. The predicted octanol–water partition coefficient (Wildman–Crippen LogP) is 2.29. The van der Waals surface area contributed by atoms with Gasteiger partial charge in [0.2, 0.25) is 10.0 Å². The number of nitrogens with one attached hydrogen (secondary N) is 1. The van der Waals surface area contributed by atoms with Crippen LogP contribution in [0, 0.1) is 29.9 Å². The lowest BCUT2D eigenvalue weighted by Gasteiger charge is -2.19. The molecule has 23 heavy (non-hydrogen) atoms. The summed E-state index contributed by atoms with van der Waals surface area (Å²) >= 11 is 0. The summed E-state index contributed by atoms with van der Waals surface area (Å²) in [6.45, 7) is 7.31. The van der Waals surface area contributed by atoms with Crippen LogP contribution < -0.4 is 10.5 Å². The van der Waals surface area contributed by atoms with Crippen LogP contribution in [0.15, 0.2) is 17.0 Å². The highest BCUT2D eigenvalue weighted by molar-refractivity contribution is 7.89. The van der Waals surface area contributed by atoms with Crippen molar-refractivity contribution in [2.45, 2.75) is 45.1 Å². The van der Waals surface area contributed by atoms with Crippen LogP contribution in [0.1, 0.15) is 31.4 Å². The molecule has 0 amide bonds. The van der Waals surface area contributed by atoms with Gasteiger partial charge in [-0.25, -0.2) is 13.1 Å². The number of aryl methyl sites for hydroxylation is 2. The van der Waals surface area contributed by atoms with Crippen molar-refractivity contribution in [2.75, 3.05) is 6.54 Å². The molecule has 0 radical (unpaired) electrons. The fourth-order valence-corrected chi connectivity index (χ4v) is 3.86. The van der Waals surface area contributed by atoms with Crippen LogP contribution >= 0.6 is 12.4 Å². The van der Waals surface area contributed by atoms with Gasteiger partial charge in [0.05, 0.1) is 9.82 Å². The Morgan fingerprint density at radius 1 is 1.26 bits per heavy atom. The van der Waals surface area contributed by atoms with E-state index in [1.807, 2.05) is 13.8 Å². The molecule has 1 aromatic rings. The highest BCUT2D eigenvalue weighted by Crippen LogP contribution is 2.26. The number of benzene rings is 1. The van der Waals surface area contributed by atoms with E-state index in [0.717, 1.165) is 6.07 Å². The molecular formula is C14H24ClN3O4S. The Labute approximate surface area is 143 Å². The van der Waals surface area contributed by atoms with Crippen LogP contribution in [-0.4, -0.2) is 25.9 Å². The molecule has 0 aliphatic rings. The summed E-state index contributed by atoms with van der Waals surface area (Å²) in [5.74, 6) is 0.282. The van der Waals surface area contributed by atoms with Gasteiger partial charge >= 0.3 is 0 Å². The number of nitrogens with two attached hydrogens (primary N) is 1. The summed E-state index contributed by atoms with van der Waals surface area (Å²) in [7, 11) is -3.86. The van der Waals surface area contributed by atoms with E-state index in [4.69, 9.17) is 5.73 Å². The predicted molar refractivity (Wildman–Crippen MR) is 92.4 cm³/mol. The van der Waals surface area contributed by atoms with E-state index in [-0.39, 0.29) is 35.5 Å². The number of nitro groups is 1. The monoisotopic (exact) mass is 365 g/mol. The molecule has 0 saturated carbocycles. The first kappa shape index (κ1) is 21.8. The van der Waals surface area contributed by atoms with Crippen molar-refractivity contribution in [3.8, 4) is 0 Å². The van der Waals surface area contributed by atoms with Crippen molar-refractivity contribution < 1.29 is 13.3 Å². The quantitative estimate of drug-likeness (QED) is 0.568. The first-order valence-corrected chi connectivity index (χ1v) is 8.54. The van der Waals surface area contributed by atoms with Gasteiger partial charge in [0.1, 0.15) is 0 Å². The molecule has 132 valence electrons. The van der Waals surface area contributed by atoms with Crippen LogP contribution in [0.2, 0.25) is 0 Å². The second-order valence-corrected chi connectivity index (χ2v) is 7.53. The van der Waals surface area contributed by atoms with E-state index >= 15 is 0 Å².